The highest BCUT2D eigenvalue weighted by Crippen LogP contribution is 2.49. The van der Waals surface area contributed by atoms with Crippen molar-refractivity contribution in [2.45, 2.75) is 52.6 Å². The van der Waals surface area contributed by atoms with Crippen LogP contribution in [0.5, 0.6) is 0 Å². The predicted molar refractivity (Wildman–Crippen MR) is 110 cm³/mol. The molecule has 28 heavy (non-hydrogen) atoms. The van der Waals surface area contributed by atoms with E-state index in [1.807, 2.05) is 13.8 Å². The molecule has 0 fully saturated rings. The van der Waals surface area contributed by atoms with E-state index in [4.69, 9.17) is 0 Å². The summed E-state index contributed by atoms with van der Waals surface area (Å²) in [4.78, 5) is 8.10. The van der Waals surface area contributed by atoms with Gasteiger partial charge in [-0.25, -0.2) is 0 Å². The van der Waals surface area contributed by atoms with Gasteiger partial charge in [0.15, 0.2) is 0 Å². The van der Waals surface area contributed by atoms with E-state index < -0.39 is 5.60 Å². The Morgan fingerprint density at radius 2 is 2.00 bits per heavy atom. The minimum atomic E-state index is -1.00. The Balaban J connectivity index is 1.73. The molecule has 0 radical (unpaired) electrons. The van der Waals surface area contributed by atoms with Crippen molar-refractivity contribution in [1.82, 2.24) is 9.97 Å². The third-order valence-corrected chi connectivity index (χ3v) is 6.68. The Morgan fingerprint density at radius 3 is 2.75 bits per heavy atom. The van der Waals surface area contributed by atoms with Crippen LogP contribution in [0.2, 0.25) is 0 Å². The van der Waals surface area contributed by atoms with Gasteiger partial charge in [-0.05, 0) is 68.4 Å². The van der Waals surface area contributed by atoms with Crippen molar-refractivity contribution < 1.29 is 5.11 Å². The van der Waals surface area contributed by atoms with E-state index in [1.54, 1.807) is 0 Å². The van der Waals surface area contributed by atoms with Crippen LogP contribution in [0.3, 0.4) is 0 Å². The topological polar surface area (TPSA) is 72.7 Å². The van der Waals surface area contributed by atoms with E-state index in [9.17, 15) is 10.4 Å². The van der Waals surface area contributed by atoms with Crippen molar-refractivity contribution in [2.75, 3.05) is 0 Å². The fourth-order valence-corrected chi connectivity index (χ4v) is 5.32. The minimum absolute atomic E-state index is 0.633. The normalized spacial score (nSPS) is 20.2. The molecule has 1 unspecified atom stereocenters. The SMILES string of the molecule is Cc1cc(C)c2[nH]cc3c2c1C(O)(C1=Cc2c(nc(C)c(C#N)c2C)C1)CC3. The van der Waals surface area contributed by atoms with E-state index in [0.29, 0.717) is 18.4 Å². The molecule has 5 rings (SSSR count). The molecule has 4 heteroatoms. The lowest BCUT2D eigenvalue weighted by Gasteiger charge is -2.36. The lowest BCUT2D eigenvalue weighted by atomic mass is 9.73. The van der Waals surface area contributed by atoms with Gasteiger partial charge in [-0.3, -0.25) is 4.98 Å². The van der Waals surface area contributed by atoms with Gasteiger partial charge in [0.25, 0.3) is 0 Å². The van der Waals surface area contributed by atoms with E-state index in [1.165, 1.54) is 16.5 Å². The van der Waals surface area contributed by atoms with Crippen molar-refractivity contribution in [3.63, 3.8) is 0 Å². The van der Waals surface area contributed by atoms with E-state index in [0.717, 1.165) is 51.2 Å². The fraction of sp³-hybridized carbons (Fsp3) is 0.333. The third kappa shape index (κ3) is 2.05. The molecule has 0 bridgehead atoms. The van der Waals surface area contributed by atoms with Gasteiger partial charge in [-0.2, -0.15) is 5.26 Å². The predicted octanol–water partition coefficient (Wildman–Crippen LogP) is 4.44. The Labute approximate surface area is 164 Å². The summed E-state index contributed by atoms with van der Waals surface area (Å²) in [5.74, 6) is 0. The molecule has 0 saturated heterocycles. The average Bonchev–Trinajstić information content (AvgIpc) is 3.26. The second-order valence-electron chi connectivity index (χ2n) is 8.33. The van der Waals surface area contributed by atoms with Crippen molar-refractivity contribution >= 4 is 17.0 Å². The van der Waals surface area contributed by atoms with Crippen LogP contribution >= 0.6 is 0 Å². The molecule has 0 saturated carbocycles. The number of benzene rings is 1. The van der Waals surface area contributed by atoms with Gasteiger partial charge in [0.05, 0.1) is 17.0 Å². The van der Waals surface area contributed by atoms with Gasteiger partial charge in [0.2, 0.25) is 0 Å². The Morgan fingerprint density at radius 1 is 1.21 bits per heavy atom. The molecule has 140 valence electrons. The van der Waals surface area contributed by atoms with Crippen LogP contribution in [0.4, 0.5) is 0 Å². The van der Waals surface area contributed by atoms with E-state index in [2.05, 4.69) is 48.2 Å². The molecule has 0 amide bonds. The van der Waals surface area contributed by atoms with E-state index >= 15 is 0 Å². The van der Waals surface area contributed by atoms with Crippen LogP contribution in [0.15, 0.2) is 17.8 Å². The molecule has 2 aromatic heterocycles. The number of rotatable bonds is 1. The molecule has 0 aliphatic heterocycles. The van der Waals surface area contributed by atoms with Crippen molar-refractivity contribution in [3.8, 4) is 6.07 Å². The molecular formula is C24H23N3O. The smallest absolute Gasteiger partial charge is 0.113 e. The first kappa shape index (κ1) is 17.2. The standard InChI is InChI=1S/C24H23N3O/c1-12-7-13(2)23-21-16(11-26-23)5-6-24(28,22(12)21)17-8-18-14(3)19(10-25)15(4)27-20(18)9-17/h7-8,11,26,28H,5-6,9H2,1-4H3. The van der Waals surface area contributed by atoms with Crippen molar-refractivity contribution in [3.05, 3.63) is 68.2 Å². The number of nitrogens with zero attached hydrogens (tertiary/aromatic N) is 2. The molecule has 3 aromatic rings. The summed E-state index contributed by atoms with van der Waals surface area (Å²) >= 11 is 0. The molecule has 1 aromatic carbocycles. The van der Waals surface area contributed by atoms with E-state index in [-0.39, 0.29) is 0 Å². The Bertz CT molecular complexity index is 1260. The number of aryl methyl sites for hydroxylation is 4. The maximum atomic E-state index is 12.0. The number of H-pyrrole nitrogens is 1. The van der Waals surface area contributed by atoms with Crippen molar-refractivity contribution in [2.24, 2.45) is 0 Å². The summed E-state index contributed by atoms with van der Waals surface area (Å²) in [5, 5.41) is 22.7. The van der Waals surface area contributed by atoms with Gasteiger partial charge in [-0.1, -0.05) is 12.1 Å². The first-order chi connectivity index (χ1) is 13.3. The monoisotopic (exact) mass is 369 g/mol. The van der Waals surface area contributed by atoms with Crippen LogP contribution in [0.25, 0.3) is 17.0 Å². The quantitative estimate of drug-likeness (QED) is 0.666. The van der Waals surface area contributed by atoms with Gasteiger partial charge >= 0.3 is 0 Å². The first-order valence-corrected chi connectivity index (χ1v) is 9.79. The number of hydrogen-bond donors (Lipinski definition) is 2. The largest absolute Gasteiger partial charge is 0.381 e. The van der Waals surface area contributed by atoms with Gasteiger partial charge in [0, 0.05) is 34.6 Å². The number of hydrogen-bond acceptors (Lipinski definition) is 3. The zero-order chi connectivity index (χ0) is 19.8. The third-order valence-electron chi connectivity index (χ3n) is 6.68. The maximum absolute atomic E-state index is 12.0. The van der Waals surface area contributed by atoms with Crippen LogP contribution in [-0.4, -0.2) is 15.1 Å². The summed E-state index contributed by atoms with van der Waals surface area (Å²) in [7, 11) is 0. The number of fused-ring (bicyclic) bond motifs is 1. The molecule has 0 spiro atoms. The second-order valence-corrected chi connectivity index (χ2v) is 8.33. The van der Waals surface area contributed by atoms with Gasteiger partial charge < -0.3 is 10.1 Å². The highest BCUT2D eigenvalue weighted by Gasteiger charge is 2.42. The summed E-state index contributed by atoms with van der Waals surface area (Å²) in [5.41, 5.74) is 10.1. The summed E-state index contributed by atoms with van der Waals surface area (Å²) in [6, 6.07) is 4.44. The molecule has 2 aliphatic carbocycles. The number of pyridine rings is 1. The molecular weight excluding hydrogens is 346 g/mol. The van der Waals surface area contributed by atoms with Crippen LogP contribution in [-0.2, 0) is 18.4 Å². The van der Waals surface area contributed by atoms with Gasteiger partial charge in [0.1, 0.15) is 11.7 Å². The van der Waals surface area contributed by atoms with Crippen LogP contribution in [0.1, 0.15) is 56.8 Å². The summed E-state index contributed by atoms with van der Waals surface area (Å²) in [6.07, 6.45) is 6.31. The van der Waals surface area contributed by atoms with Crippen molar-refractivity contribution in [1.29, 1.82) is 5.26 Å². The summed E-state index contributed by atoms with van der Waals surface area (Å²) < 4.78 is 0. The highest BCUT2D eigenvalue weighted by molar-refractivity contribution is 5.93. The fourth-order valence-electron chi connectivity index (χ4n) is 5.32. The zero-order valence-electron chi connectivity index (χ0n) is 16.7. The number of nitriles is 1. The van der Waals surface area contributed by atoms with Gasteiger partial charge in [-0.15, -0.1) is 0 Å². The van der Waals surface area contributed by atoms with Crippen LogP contribution < -0.4 is 0 Å². The maximum Gasteiger partial charge on any atom is 0.113 e. The number of aliphatic hydroxyl groups is 1. The summed E-state index contributed by atoms with van der Waals surface area (Å²) in [6.45, 7) is 8.08. The lowest BCUT2D eigenvalue weighted by molar-refractivity contribution is 0.0644. The lowest BCUT2D eigenvalue weighted by Crippen LogP contribution is -2.33. The highest BCUT2D eigenvalue weighted by atomic mass is 16.3. The zero-order valence-corrected chi connectivity index (χ0v) is 16.7. The second kappa shape index (κ2) is 5.56. The number of aromatic nitrogens is 2. The minimum Gasteiger partial charge on any atom is -0.381 e. The number of aromatic amines is 1. The molecule has 2 heterocycles. The number of nitrogens with one attached hydrogen (secondary N) is 1. The van der Waals surface area contributed by atoms with Crippen LogP contribution in [0, 0.1) is 39.0 Å². The molecule has 2 aliphatic rings. The Hall–Kier alpha value is -2.90. The molecule has 4 nitrogen and oxygen atoms in total. The molecule has 2 N–H and O–H groups in total. The first-order valence-electron chi connectivity index (χ1n) is 9.79. The Kier molecular flexibility index (Phi) is 3.42. The average molecular weight is 369 g/mol. The molecule has 1 atom stereocenters.